The third-order valence-electron chi connectivity index (χ3n) is 4.92. The number of hydrogen-bond donors (Lipinski definition) is 1. The Morgan fingerprint density at radius 3 is 2.52 bits per heavy atom. The Morgan fingerprint density at radius 1 is 0.897 bits per heavy atom. The van der Waals surface area contributed by atoms with Crippen molar-refractivity contribution in [3.63, 3.8) is 0 Å². The molecule has 0 bridgehead atoms. The molecule has 0 spiro atoms. The summed E-state index contributed by atoms with van der Waals surface area (Å²) >= 11 is 0. The minimum atomic E-state index is -0.115. The molecule has 0 aromatic heterocycles. The van der Waals surface area contributed by atoms with Gasteiger partial charge in [-0.3, -0.25) is 0 Å². The van der Waals surface area contributed by atoms with Gasteiger partial charge in [-0.25, -0.2) is 5.56 Å². The van der Waals surface area contributed by atoms with Crippen LogP contribution >= 0.6 is 0 Å². The molecule has 2 aliphatic rings. The summed E-state index contributed by atoms with van der Waals surface area (Å²) < 4.78 is 0. The molecule has 3 aromatic carbocycles. The minimum absolute atomic E-state index is 0. The molecule has 3 aromatic rings. The maximum Gasteiger partial charge on any atom is 3.00 e. The van der Waals surface area contributed by atoms with E-state index in [1.165, 1.54) is 0 Å². The first kappa shape index (κ1) is 19.5. The summed E-state index contributed by atoms with van der Waals surface area (Å²) in [6, 6.07) is 28.0. The Labute approximate surface area is 186 Å². The van der Waals surface area contributed by atoms with Gasteiger partial charge in [-0.15, -0.1) is 29.3 Å². The Balaban J connectivity index is 0.00000205. The summed E-state index contributed by atoms with van der Waals surface area (Å²) in [7, 11) is 0. The number of aromatic hydroxyl groups is 1. The molecule has 0 saturated heterocycles. The van der Waals surface area contributed by atoms with Gasteiger partial charge < -0.3 is 15.5 Å². The van der Waals surface area contributed by atoms with Crippen molar-refractivity contribution >= 4 is 11.3 Å². The number of nitrogens with zero attached hydrogens (tertiary/aromatic N) is 2. The van der Waals surface area contributed by atoms with Crippen molar-refractivity contribution in [2.75, 3.05) is 5.01 Å². The first-order valence-corrected chi connectivity index (χ1v) is 9.17. The molecule has 0 radical (unpaired) electrons. The summed E-state index contributed by atoms with van der Waals surface area (Å²) in [5.41, 5.74) is 10.7. The van der Waals surface area contributed by atoms with E-state index >= 15 is 0 Å². The van der Waals surface area contributed by atoms with Crippen LogP contribution in [0.15, 0.2) is 96.7 Å². The molecule has 3 nitrogen and oxygen atoms in total. The van der Waals surface area contributed by atoms with Gasteiger partial charge in [-0.2, -0.15) is 42.0 Å². The fraction of sp³-hybridized carbons (Fsp3) is 0.0400. The second-order valence-electron chi connectivity index (χ2n) is 6.72. The second kappa shape index (κ2) is 8.27. The van der Waals surface area contributed by atoms with Crippen LogP contribution in [0.3, 0.4) is 0 Å². The van der Waals surface area contributed by atoms with Gasteiger partial charge in [0.25, 0.3) is 0 Å². The maximum absolute atomic E-state index is 10.2. The van der Waals surface area contributed by atoms with Crippen LogP contribution in [-0.4, -0.2) is 11.1 Å². The molecule has 144 valence electrons. The van der Waals surface area contributed by atoms with E-state index in [1.807, 2.05) is 60.8 Å². The van der Waals surface area contributed by atoms with Gasteiger partial charge in [0.05, 0.1) is 5.69 Å². The Hall–Kier alpha value is -2.82. The Kier molecular flexibility index (Phi) is 5.56. The molecule has 1 aliphatic carbocycles. The standard InChI is InChI=1S/C25H17N2O.Au/c28-24-15-5-4-14-23(24)27-17-21-12-7-13-22(25(21)26-27)20-11-6-10-19(16-20)18-8-2-1-3-9-18;/h1-8,10-15,17,25,28H;/q-3;+3. The molecule has 4 heteroatoms. The van der Waals surface area contributed by atoms with Gasteiger partial charge in [0.15, 0.2) is 0 Å². The molecule has 1 unspecified atom stereocenters. The molecule has 1 N–H and O–H groups in total. The fourth-order valence-electron chi connectivity index (χ4n) is 3.55. The van der Waals surface area contributed by atoms with Crippen LogP contribution in [0.1, 0.15) is 5.56 Å². The molecule has 29 heavy (non-hydrogen) atoms. The third-order valence-corrected chi connectivity index (χ3v) is 4.92. The van der Waals surface area contributed by atoms with Crippen LogP contribution in [0.4, 0.5) is 5.69 Å². The monoisotopic (exact) mass is 558 g/mol. The van der Waals surface area contributed by atoms with Gasteiger partial charge in [0.1, 0.15) is 5.75 Å². The van der Waals surface area contributed by atoms with E-state index in [1.54, 1.807) is 17.1 Å². The predicted octanol–water partition coefficient (Wildman–Crippen LogP) is 5.67. The summed E-state index contributed by atoms with van der Waals surface area (Å²) in [6.07, 6.45) is 8.16. The van der Waals surface area contributed by atoms with Crippen LogP contribution in [0.5, 0.6) is 5.75 Å². The number of anilines is 1. The van der Waals surface area contributed by atoms with E-state index in [-0.39, 0.29) is 34.2 Å². The number of benzene rings is 3. The van der Waals surface area contributed by atoms with Crippen LogP contribution < -0.4 is 5.01 Å². The van der Waals surface area contributed by atoms with Crippen molar-refractivity contribution in [3.05, 3.63) is 120 Å². The average Bonchev–Trinajstić information content (AvgIpc) is 3.19. The summed E-state index contributed by atoms with van der Waals surface area (Å²) in [6.45, 7) is 0. The van der Waals surface area contributed by atoms with Crippen molar-refractivity contribution in [1.82, 2.24) is 0 Å². The molecule has 0 fully saturated rings. The third kappa shape index (κ3) is 3.74. The molecule has 1 heterocycles. The molecule has 5 rings (SSSR count). The van der Waals surface area contributed by atoms with Gasteiger partial charge in [0, 0.05) is 0 Å². The van der Waals surface area contributed by atoms with Crippen molar-refractivity contribution in [1.29, 1.82) is 0 Å². The largest absolute Gasteiger partial charge is 3.00 e. The number of fused-ring (bicyclic) bond motifs is 1. The maximum atomic E-state index is 10.2. The van der Waals surface area contributed by atoms with Crippen molar-refractivity contribution in [2.24, 2.45) is 0 Å². The van der Waals surface area contributed by atoms with E-state index in [4.69, 9.17) is 5.43 Å². The smallest absolute Gasteiger partial charge is 0.559 e. The van der Waals surface area contributed by atoms with Gasteiger partial charge in [-0.1, -0.05) is 42.0 Å². The van der Waals surface area contributed by atoms with Crippen LogP contribution in [0.2, 0.25) is 0 Å². The topological polar surface area (TPSA) is 37.6 Å². The van der Waals surface area contributed by atoms with Crippen LogP contribution in [0.25, 0.3) is 22.1 Å². The predicted molar refractivity (Wildman–Crippen MR) is 112 cm³/mol. The van der Waals surface area contributed by atoms with Gasteiger partial charge in [-0.05, 0) is 18.3 Å². The van der Waals surface area contributed by atoms with Gasteiger partial charge >= 0.3 is 22.4 Å². The molecule has 1 atom stereocenters. The summed E-state index contributed by atoms with van der Waals surface area (Å²) in [5, 5.41) is 11.9. The van der Waals surface area contributed by atoms with E-state index in [0.717, 1.165) is 27.8 Å². The number of phenolic OH excluding ortho intramolecular Hbond substituents is 1. The number of para-hydroxylation sites is 2. The molecule has 1 aliphatic heterocycles. The van der Waals surface area contributed by atoms with Crippen LogP contribution in [0, 0.1) is 12.1 Å². The zero-order valence-corrected chi connectivity index (χ0v) is 17.5. The molecular formula is C25H17AuN2O. The number of hydrogen-bond acceptors (Lipinski definition) is 2. The van der Waals surface area contributed by atoms with Crippen molar-refractivity contribution < 1.29 is 27.5 Å². The minimum Gasteiger partial charge on any atom is -0.559 e. The van der Waals surface area contributed by atoms with E-state index in [9.17, 15) is 5.11 Å². The number of phenols is 1. The Bertz CT molecular complexity index is 1120. The summed E-state index contributed by atoms with van der Waals surface area (Å²) in [5.74, 6) is 0.212. The van der Waals surface area contributed by atoms with Crippen LogP contribution in [-0.2, 0) is 22.4 Å². The fourth-order valence-corrected chi connectivity index (χ4v) is 3.55. The van der Waals surface area contributed by atoms with E-state index < -0.39 is 0 Å². The first-order valence-electron chi connectivity index (χ1n) is 9.17. The summed E-state index contributed by atoms with van der Waals surface area (Å²) in [4.78, 5) is 0. The zero-order chi connectivity index (χ0) is 18.9. The van der Waals surface area contributed by atoms with Crippen molar-refractivity contribution in [3.8, 4) is 16.9 Å². The number of allylic oxidation sites excluding steroid dienone is 2. The Morgan fingerprint density at radius 2 is 1.69 bits per heavy atom. The average molecular weight is 558 g/mol. The molecule has 0 saturated carbocycles. The first-order chi connectivity index (χ1) is 13.8. The normalized spacial score (nSPS) is 17.2. The zero-order valence-electron chi connectivity index (χ0n) is 15.4. The molecular weight excluding hydrogens is 541 g/mol. The van der Waals surface area contributed by atoms with E-state index in [0.29, 0.717) is 5.69 Å². The van der Waals surface area contributed by atoms with Gasteiger partial charge in [0.2, 0.25) is 0 Å². The molecule has 0 amide bonds. The van der Waals surface area contributed by atoms with E-state index in [2.05, 4.69) is 30.4 Å². The van der Waals surface area contributed by atoms with Crippen molar-refractivity contribution in [2.45, 2.75) is 6.04 Å². The second-order valence-corrected chi connectivity index (χ2v) is 6.72. The number of rotatable bonds is 3. The SMILES string of the molecule is Oc1ccccc1N1C=C2C=CC=C(c3[c-]c(-c4[c-]cccc4)ccc3)C2[N-]1.[Au+3]. The quantitative estimate of drug-likeness (QED) is 0.333.